The van der Waals surface area contributed by atoms with Gasteiger partial charge in [0.15, 0.2) is 11.5 Å². The molecule has 2 heterocycles. The van der Waals surface area contributed by atoms with Gasteiger partial charge in [-0.05, 0) is 12.1 Å². The third-order valence-corrected chi connectivity index (χ3v) is 3.84. The van der Waals surface area contributed by atoms with Gasteiger partial charge >= 0.3 is 6.03 Å². The Kier molecular flexibility index (Phi) is 4.48. The molecule has 1 aromatic carbocycles. The van der Waals surface area contributed by atoms with Crippen molar-refractivity contribution in [3.8, 4) is 11.5 Å². The number of rotatable bonds is 3. The van der Waals surface area contributed by atoms with Crippen molar-refractivity contribution in [2.24, 2.45) is 0 Å². The number of piperazine rings is 1. The highest BCUT2D eigenvalue weighted by molar-refractivity contribution is 5.89. The monoisotopic (exact) mass is 303 g/mol. The fourth-order valence-electron chi connectivity index (χ4n) is 2.64. The van der Waals surface area contributed by atoms with E-state index < -0.39 is 0 Å². The molecule has 0 atom stereocenters. The molecule has 3 rings (SSSR count). The smallest absolute Gasteiger partial charge is 0.321 e. The van der Waals surface area contributed by atoms with Crippen molar-refractivity contribution >= 4 is 11.7 Å². The lowest BCUT2D eigenvalue weighted by Gasteiger charge is -2.34. The number of anilines is 1. The first-order valence-corrected chi connectivity index (χ1v) is 7.55. The van der Waals surface area contributed by atoms with Gasteiger partial charge in [-0.25, -0.2) is 4.79 Å². The van der Waals surface area contributed by atoms with E-state index in [2.05, 4.69) is 16.8 Å². The molecule has 1 aromatic rings. The number of urea groups is 1. The van der Waals surface area contributed by atoms with Gasteiger partial charge in [-0.15, -0.1) is 6.58 Å². The van der Waals surface area contributed by atoms with Gasteiger partial charge in [0, 0.05) is 44.5 Å². The highest BCUT2D eigenvalue weighted by Crippen LogP contribution is 2.32. The number of hydrogen-bond donors (Lipinski definition) is 1. The Morgan fingerprint density at radius 3 is 2.64 bits per heavy atom. The summed E-state index contributed by atoms with van der Waals surface area (Å²) in [6.45, 7) is 8.92. The Bertz CT molecular complexity index is 554. The van der Waals surface area contributed by atoms with E-state index in [0.29, 0.717) is 19.0 Å². The van der Waals surface area contributed by atoms with Crippen LogP contribution in [0.1, 0.15) is 0 Å². The van der Waals surface area contributed by atoms with E-state index in [1.165, 1.54) is 0 Å². The maximum atomic E-state index is 12.3. The van der Waals surface area contributed by atoms with E-state index in [4.69, 9.17) is 9.47 Å². The molecular weight excluding hydrogens is 282 g/mol. The van der Waals surface area contributed by atoms with E-state index in [0.717, 1.165) is 44.2 Å². The first-order chi connectivity index (χ1) is 10.8. The van der Waals surface area contributed by atoms with Crippen LogP contribution in [0.25, 0.3) is 0 Å². The van der Waals surface area contributed by atoms with Gasteiger partial charge in [-0.2, -0.15) is 0 Å². The Morgan fingerprint density at radius 2 is 1.91 bits per heavy atom. The lowest BCUT2D eigenvalue weighted by Crippen LogP contribution is -2.49. The summed E-state index contributed by atoms with van der Waals surface area (Å²) in [5.41, 5.74) is 0.725. The Morgan fingerprint density at radius 1 is 1.18 bits per heavy atom. The van der Waals surface area contributed by atoms with Crippen LogP contribution in [-0.4, -0.2) is 61.8 Å². The van der Waals surface area contributed by atoms with Gasteiger partial charge in [0.1, 0.15) is 13.2 Å². The van der Waals surface area contributed by atoms with E-state index in [1.54, 1.807) is 6.07 Å². The van der Waals surface area contributed by atoms with Crippen molar-refractivity contribution in [1.82, 2.24) is 9.80 Å². The van der Waals surface area contributed by atoms with Crippen LogP contribution in [0, 0.1) is 0 Å². The lowest BCUT2D eigenvalue weighted by molar-refractivity contribution is 0.155. The topological polar surface area (TPSA) is 54.0 Å². The SMILES string of the molecule is C=CCN1CCN(C(=O)Nc2ccc3c(c2)OCCO3)CC1. The number of fused-ring (bicyclic) bond motifs is 1. The molecule has 6 heteroatoms. The second-order valence-electron chi connectivity index (χ2n) is 5.36. The number of carbonyl (C=O) groups is 1. The first-order valence-electron chi connectivity index (χ1n) is 7.55. The van der Waals surface area contributed by atoms with Crippen molar-refractivity contribution < 1.29 is 14.3 Å². The fraction of sp³-hybridized carbons (Fsp3) is 0.438. The van der Waals surface area contributed by atoms with Gasteiger partial charge in [-0.1, -0.05) is 6.08 Å². The summed E-state index contributed by atoms with van der Waals surface area (Å²) in [4.78, 5) is 16.4. The largest absolute Gasteiger partial charge is 0.486 e. The standard InChI is InChI=1S/C16H21N3O3/c1-2-5-18-6-8-19(9-7-18)16(20)17-13-3-4-14-15(12-13)22-11-10-21-14/h2-4,12H,1,5-11H2,(H,17,20). The maximum absolute atomic E-state index is 12.3. The van der Waals surface area contributed by atoms with Gasteiger partial charge in [0.2, 0.25) is 0 Å². The summed E-state index contributed by atoms with van der Waals surface area (Å²) >= 11 is 0. The van der Waals surface area contributed by atoms with Gasteiger partial charge in [0.25, 0.3) is 0 Å². The third kappa shape index (κ3) is 3.33. The van der Waals surface area contributed by atoms with E-state index in [9.17, 15) is 4.79 Å². The molecule has 1 fully saturated rings. The Balaban J connectivity index is 1.57. The number of benzene rings is 1. The lowest BCUT2D eigenvalue weighted by atomic mass is 10.2. The van der Waals surface area contributed by atoms with Crippen LogP contribution in [0.15, 0.2) is 30.9 Å². The minimum absolute atomic E-state index is 0.0741. The summed E-state index contributed by atoms with van der Waals surface area (Å²) in [6.07, 6.45) is 1.89. The molecule has 1 N–H and O–H groups in total. The summed E-state index contributed by atoms with van der Waals surface area (Å²) in [7, 11) is 0. The molecule has 2 aliphatic heterocycles. The maximum Gasteiger partial charge on any atom is 0.321 e. The van der Waals surface area contributed by atoms with E-state index >= 15 is 0 Å². The number of ether oxygens (including phenoxy) is 2. The Hall–Kier alpha value is -2.21. The van der Waals surface area contributed by atoms with Crippen LogP contribution >= 0.6 is 0 Å². The zero-order valence-corrected chi connectivity index (χ0v) is 12.6. The molecule has 2 amide bonds. The summed E-state index contributed by atoms with van der Waals surface area (Å²) < 4.78 is 11.0. The number of carbonyl (C=O) groups excluding carboxylic acids is 1. The fourth-order valence-corrected chi connectivity index (χ4v) is 2.64. The minimum Gasteiger partial charge on any atom is -0.486 e. The van der Waals surface area contributed by atoms with Crippen LogP contribution in [-0.2, 0) is 0 Å². The van der Waals surface area contributed by atoms with Crippen LogP contribution in [0.2, 0.25) is 0 Å². The number of hydrogen-bond acceptors (Lipinski definition) is 4. The van der Waals surface area contributed by atoms with Gasteiger partial charge in [-0.3, -0.25) is 4.90 Å². The number of nitrogens with zero attached hydrogens (tertiary/aromatic N) is 2. The van der Waals surface area contributed by atoms with E-state index in [1.807, 2.05) is 23.1 Å². The molecule has 2 aliphatic rings. The highest BCUT2D eigenvalue weighted by Gasteiger charge is 2.21. The molecule has 0 aromatic heterocycles. The molecule has 0 unspecified atom stereocenters. The van der Waals surface area contributed by atoms with Crippen molar-refractivity contribution in [3.63, 3.8) is 0 Å². The molecule has 0 saturated carbocycles. The molecular formula is C16H21N3O3. The predicted octanol–water partition coefficient (Wildman–Crippen LogP) is 1.79. The molecule has 0 radical (unpaired) electrons. The molecule has 22 heavy (non-hydrogen) atoms. The van der Waals surface area contributed by atoms with Crippen LogP contribution < -0.4 is 14.8 Å². The molecule has 1 saturated heterocycles. The first kappa shape index (κ1) is 14.7. The number of nitrogens with one attached hydrogen (secondary N) is 1. The second kappa shape index (κ2) is 6.70. The van der Waals surface area contributed by atoms with E-state index in [-0.39, 0.29) is 6.03 Å². The molecule has 0 bridgehead atoms. The molecule has 0 aliphatic carbocycles. The third-order valence-electron chi connectivity index (χ3n) is 3.84. The zero-order chi connectivity index (χ0) is 15.4. The van der Waals surface area contributed by atoms with Crippen LogP contribution in [0.5, 0.6) is 11.5 Å². The van der Waals surface area contributed by atoms with Crippen LogP contribution in [0.4, 0.5) is 10.5 Å². The molecule has 118 valence electrons. The van der Waals surface area contributed by atoms with Crippen molar-refractivity contribution in [3.05, 3.63) is 30.9 Å². The van der Waals surface area contributed by atoms with Gasteiger partial charge in [0.05, 0.1) is 0 Å². The van der Waals surface area contributed by atoms with Crippen molar-refractivity contribution in [1.29, 1.82) is 0 Å². The Labute approximate surface area is 130 Å². The highest BCUT2D eigenvalue weighted by atomic mass is 16.6. The second-order valence-corrected chi connectivity index (χ2v) is 5.36. The summed E-state index contributed by atoms with van der Waals surface area (Å²) in [5.74, 6) is 1.40. The quantitative estimate of drug-likeness (QED) is 0.865. The van der Waals surface area contributed by atoms with Crippen molar-refractivity contribution in [2.45, 2.75) is 0 Å². The molecule has 6 nitrogen and oxygen atoms in total. The van der Waals surface area contributed by atoms with Crippen LogP contribution in [0.3, 0.4) is 0 Å². The number of amides is 2. The van der Waals surface area contributed by atoms with Gasteiger partial charge < -0.3 is 19.7 Å². The average Bonchev–Trinajstić information content (AvgIpc) is 2.56. The molecule has 0 spiro atoms. The van der Waals surface area contributed by atoms with Crippen molar-refractivity contribution in [2.75, 3.05) is 51.3 Å². The predicted molar refractivity (Wildman–Crippen MR) is 84.7 cm³/mol. The average molecular weight is 303 g/mol. The zero-order valence-electron chi connectivity index (χ0n) is 12.6. The normalized spacial score (nSPS) is 17.9. The minimum atomic E-state index is -0.0741. The summed E-state index contributed by atoms with van der Waals surface area (Å²) in [6, 6.07) is 5.39. The summed E-state index contributed by atoms with van der Waals surface area (Å²) in [5, 5.41) is 2.92.